The summed E-state index contributed by atoms with van der Waals surface area (Å²) >= 11 is 1.38. The van der Waals surface area contributed by atoms with E-state index in [-0.39, 0.29) is 5.56 Å². The van der Waals surface area contributed by atoms with Gasteiger partial charge in [0.05, 0.1) is 6.21 Å². The molecule has 0 aliphatic rings. The molecule has 0 unspecified atom stereocenters. The zero-order chi connectivity index (χ0) is 12.1. The van der Waals surface area contributed by atoms with Crippen LogP contribution in [0.2, 0.25) is 0 Å². The van der Waals surface area contributed by atoms with Gasteiger partial charge in [0, 0.05) is 12.3 Å². The molecule has 0 saturated carbocycles. The van der Waals surface area contributed by atoms with Crippen LogP contribution >= 0.6 is 11.8 Å². The molecule has 2 aromatic rings. The number of rotatable bonds is 3. The molecule has 1 aromatic carbocycles. The highest BCUT2D eigenvalue weighted by atomic mass is 32.2. The van der Waals surface area contributed by atoms with Gasteiger partial charge in [-0.3, -0.25) is 4.79 Å². The summed E-state index contributed by atoms with van der Waals surface area (Å²) in [7, 11) is 0. The minimum atomic E-state index is -0.184. The van der Waals surface area contributed by atoms with Gasteiger partial charge in [0.25, 0.3) is 5.56 Å². The minimum Gasteiger partial charge on any atom is -0.267 e. The predicted molar refractivity (Wildman–Crippen MR) is 69.7 cm³/mol. The molecule has 1 heterocycles. The molecule has 4 nitrogen and oxygen atoms in total. The third-order valence-corrected chi connectivity index (χ3v) is 2.74. The van der Waals surface area contributed by atoms with Crippen molar-refractivity contribution in [3.8, 4) is 0 Å². The normalized spacial score (nSPS) is 10.9. The fourth-order valence-corrected chi connectivity index (χ4v) is 1.77. The molecule has 1 aromatic heterocycles. The molecule has 5 heteroatoms. The molecule has 0 atom stereocenters. The van der Waals surface area contributed by atoms with Gasteiger partial charge in [-0.25, -0.2) is 4.98 Å². The van der Waals surface area contributed by atoms with Crippen LogP contribution in [0.25, 0.3) is 0 Å². The highest BCUT2D eigenvalue weighted by Crippen LogP contribution is 2.07. The van der Waals surface area contributed by atoms with E-state index in [4.69, 9.17) is 0 Å². The van der Waals surface area contributed by atoms with Gasteiger partial charge in [0.1, 0.15) is 0 Å². The summed E-state index contributed by atoms with van der Waals surface area (Å²) < 4.78 is 1.29. The van der Waals surface area contributed by atoms with E-state index >= 15 is 0 Å². The fraction of sp³-hybridized carbons (Fsp3) is 0.0833. The van der Waals surface area contributed by atoms with E-state index in [1.165, 1.54) is 28.7 Å². The molecular weight excluding hydrogens is 234 g/mol. The number of aromatic nitrogens is 2. The highest BCUT2D eigenvalue weighted by molar-refractivity contribution is 7.98. The van der Waals surface area contributed by atoms with E-state index < -0.39 is 0 Å². The van der Waals surface area contributed by atoms with Gasteiger partial charge in [0.15, 0.2) is 5.16 Å². The molecule has 0 aliphatic carbocycles. The molecule has 17 heavy (non-hydrogen) atoms. The topological polar surface area (TPSA) is 47.2 Å². The lowest BCUT2D eigenvalue weighted by molar-refractivity contribution is 0.692. The molecule has 0 fully saturated rings. The smallest absolute Gasteiger partial charge is 0.267 e. The Morgan fingerprint density at radius 2 is 2.06 bits per heavy atom. The predicted octanol–water partition coefficient (Wildman–Crippen LogP) is 1.85. The molecule has 0 amide bonds. The van der Waals surface area contributed by atoms with Crippen LogP contribution in [0.5, 0.6) is 0 Å². The summed E-state index contributed by atoms with van der Waals surface area (Å²) in [6.45, 7) is 0. The maximum Gasteiger partial charge on any atom is 0.274 e. The first-order valence-corrected chi connectivity index (χ1v) is 6.25. The van der Waals surface area contributed by atoms with Crippen LogP contribution in [0.15, 0.2) is 57.6 Å². The molecule has 2 rings (SSSR count). The maximum atomic E-state index is 11.6. The summed E-state index contributed by atoms with van der Waals surface area (Å²) in [5.74, 6) is 0. The lowest BCUT2D eigenvalue weighted by Crippen LogP contribution is -2.17. The van der Waals surface area contributed by atoms with Gasteiger partial charge >= 0.3 is 0 Å². The Morgan fingerprint density at radius 3 is 2.76 bits per heavy atom. The van der Waals surface area contributed by atoms with Crippen molar-refractivity contribution >= 4 is 18.0 Å². The second kappa shape index (κ2) is 5.45. The monoisotopic (exact) mass is 245 g/mol. The van der Waals surface area contributed by atoms with Crippen molar-refractivity contribution in [1.29, 1.82) is 0 Å². The first kappa shape index (κ1) is 11.6. The Hall–Kier alpha value is -1.88. The van der Waals surface area contributed by atoms with Crippen molar-refractivity contribution in [3.05, 3.63) is 58.5 Å². The molecule has 0 spiro atoms. The van der Waals surface area contributed by atoms with Gasteiger partial charge in [0.2, 0.25) is 0 Å². The zero-order valence-corrected chi connectivity index (χ0v) is 10.1. The zero-order valence-electron chi connectivity index (χ0n) is 9.28. The standard InChI is InChI=1S/C12H11N3OS/c1-17-12-13-8-7-11(16)15(12)14-9-10-5-3-2-4-6-10/h2-9H,1H3/b14-9+. The molecule has 0 N–H and O–H groups in total. The lowest BCUT2D eigenvalue weighted by atomic mass is 10.2. The Labute approximate surface area is 103 Å². The Bertz CT molecular complexity index is 578. The van der Waals surface area contributed by atoms with Crippen molar-refractivity contribution in [1.82, 2.24) is 9.66 Å². The molecule has 0 bridgehead atoms. The van der Waals surface area contributed by atoms with Crippen LogP contribution in [-0.2, 0) is 0 Å². The quantitative estimate of drug-likeness (QED) is 0.471. The first-order chi connectivity index (χ1) is 8.31. The number of nitrogens with zero attached hydrogens (tertiary/aromatic N) is 3. The van der Waals surface area contributed by atoms with E-state index in [9.17, 15) is 4.79 Å². The summed E-state index contributed by atoms with van der Waals surface area (Å²) in [6.07, 6.45) is 4.99. The molecule has 86 valence electrons. The van der Waals surface area contributed by atoms with Gasteiger partial charge < -0.3 is 0 Å². The van der Waals surface area contributed by atoms with Crippen LogP contribution in [0.1, 0.15) is 5.56 Å². The van der Waals surface area contributed by atoms with Crippen LogP contribution < -0.4 is 5.56 Å². The summed E-state index contributed by atoms with van der Waals surface area (Å²) in [5, 5.41) is 4.72. The first-order valence-electron chi connectivity index (χ1n) is 5.03. The van der Waals surface area contributed by atoms with Crippen molar-refractivity contribution in [2.24, 2.45) is 5.10 Å². The average Bonchev–Trinajstić information content (AvgIpc) is 2.38. The summed E-state index contributed by atoms with van der Waals surface area (Å²) in [5.41, 5.74) is 0.756. The molecule has 0 aliphatic heterocycles. The van der Waals surface area contributed by atoms with Crippen LogP contribution in [0, 0.1) is 0 Å². The highest BCUT2D eigenvalue weighted by Gasteiger charge is 2.00. The number of hydrogen-bond donors (Lipinski definition) is 0. The number of hydrogen-bond acceptors (Lipinski definition) is 4. The van der Waals surface area contributed by atoms with Gasteiger partial charge in [-0.1, -0.05) is 42.1 Å². The average molecular weight is 245 g/mol. The van der Waals surface area contributed by atoms with Crippen LogP contribution in [0.3, 0.4) is 0 Å². The SMILES string of the molecule is CSc1nccc(=O)n1/N=C/c1ccccc1. The number of thioether (sulfide) groups is 1. The largest absolute Gasteiger partial charge is 0.274 e. The number of benzene rings is 1. The fourth-order valence-electron chi connectivity index (χ4n) is 1.29. The van der Waals surface area contributed by atoms with E-state index in [2.05, 4.69) is 10.1 Å². The maximum absolute atomic E-state index is 11.6. The van der Waals surface area contributed by atoms with Gasteiger partial charge in [-0.05, 0) is 11.8 Å². The Morgan fingerprint density at radius 1 is 1.29 bits per heavy atom. The van der Waals surface area contributed by atoms with Crippen molar-refractivity contribution in [2.45, 2.75) is 5.16 Å². The second-order valence-corrected chi connectivity index (χ2v) is 4.01. The van der Waals surface area contributed by atoms with Crippen molar-refractivity contribution in [2.75, 3.05) is 6.26 Å². The van der Waals surface area contributed by atoms with E-state index in [1.54, 1.807) is 6.21 Å². The van der Waals surface area contributed by atoms with Crippen molar-refractivity contribution < 1.29 is 0 Å². The third-order valence-electron chi connectivity index (χ3n) is 2.10. The second-order valence-electron chi connectivity index (χ2n) is 3.24. The third kappa shape index (κ3) is 2.82. The van der Waals surface area contributed by atoms with E-state index in [0.717, 1.165) is 5.56 Å². The molecule has 0 saturated heterocycles. The summed E-state index contributed by atoms with van der Waals surface area (Å²) in [6, 6.07) is 11.0. The summed E-state index contributed by atoms with van der Waals surface area (Å²) in [4.78, 5) is 15.7. The lowest BCUT2D eigenvalue weighted by Gasteiger charge is -2.02. The van der Waals surface area contributed by atoms with E-state index in [0.29, 0.717) is 5.16 Å². The van der Waals surface area contributed by atoms with Crippen molar-refractivity contribution in [3.63, 3.8) is 0 Å². The minimum absolute atomic E-state index is 0.184. The Kier molecular flexibility index (Phi) is 3.72. The Balaban J connectivity index is 2.36. The van der Waals surface area contributed by atoms with Crippen LogP contribution in [-0.4, -0.2) is 22.1 Å². The molecule has 0 radical (unpaired) electrons. The van der Waals surface area contributed by atoms with Gasteiger partial charge in [-0.2, -0.15) is 9.78 Å². The molecular formula is C12H11N3OS. The van der Waals surface area contributed by atoms with E-state index in [1.807, 2.05) is 36.6 Å². The van der Waals surface area contributed by atoms with Crippen LogP contribution in [0.4, 0.5) is 0 Å². The van der Waals surface area contributed by atoms with Gasteiger partial charge in [-0.15, -0.1) is 0 Å².